The van der Waals surface area contributed by atoms with Crippen molar-refractivity contribution in [2.45, 2.75) is 19.4 Å². The number of hydrogen-bond acceptors (Lipinski definition) is 3. The van der Waals surface area contributed by atoms with E-state index in [1.165, 1.54) is 6.20 Å². The fourth-order valence-corrected chi connectivity index (χ4v) is 1.98. The molecule has 0 saturated carbocycles. The molecule has 5 heteroatoms. The third kappa shape index (κ3) is 4.14. The van der Waals surface area contributed by atoms with E-state index < -0.39 is 17.9 Å². The summed E-state index contributed by atoms with van der Waals surface area (Å²) in [6.07, 6.45) is 1.77. The molecule has 1 aromatic heterocycles. The Balaban J connectivity index is 2.10. The van der Waals surface area contributed by atoms with Gasteiger partial charge < -0.3 is 10.4 Å². The highest BCUT2D eigenvalue weighted by Crippen LogP contribution is 2.06. The molecule has 1 amide bonds. The minimum Gasteiger partial charge on any atom is -0.480 e. The Morgan fingerprint density at radius 1 is 1.24 bits per heavy atom. The van der Waals surface area contributed by atoms with Crippen LogP contribution in [0.15, 0.2) is 48.7 Å². The Hall–Kier alpha value is -2.69. The van der Waals surface area contributed by atoms with Gasteiger partial charge in [0.2, 0.25) is 0 Å². The topological polar surface area (TPSA) is 79.3 Å². The first-order valence-electron chi connectivity index (χ1n) is 6.56. The van der Waals surface area contributed by atoms with Gasteiger partial charge in [0.25, 0.3) is 5.91 Å². The van der Waals surface area contributed by atoms with Crippen LogP contribution in [-0.2, 0) is 11.2 Å². The molecule has 0 bridgehead atoms. The molecule has 1 heterocycles. The van der Waals surface area contributed by atoms with Crippen molar-refractivity contribution >= 4 is 11.9 Å². The van der Waals surface area contributed by atoms with Crippen LogP contribution < -0.4 is 5.32 Å². The molecule has 2 rings (SSSR count). The van der Waals surface area contributed by atoms with E-state index in [1.54, 1.807) is 19.1 Å². The van der Waals surface area contributed by atoms with Crippen LogP contribution in [-0.4, -0.2) is 28.0 Å². The van der Waals surface area contributed by atoms with Crippen LogP contribution in [0, 0.1) is 6.92 Å². The predicted octanol–water partition coefficient (Wildman–Crippen LogP) is 1.82. The van der Waals surface area contributed by atoms with Crippen LogP contribution in [0.1, 0.15) is 21.6 Å². The molecule has 0 radical (unpaired) electrons. The maximum absolute atomic E-state index is 12.1. The fraction of sp³-hybridized carbons (Fsp3) is 0.188. The summed E-state index contributed by atoms with van der Waals surface area (Å²) in [6, 6.07) is 11.4. The van der Waals surface area contributed by atoms with Crippen molar-refractivity contribution in [3.8, 4) is 0 Å². The standard InChI is InChI=1S/C16H16N2O3/c1-11-9-13(7-8-17-11)15(19)18-14(16(20)21)10-12-5-3-2-4-6-12/h2-9,14H,10H2,1H3,(H,18,19)(H,20,21). The minimum absolute atomic E-state index is 0.242. The first-order chi connectivity index (χ1) is 10.1. The lowest BCUT2D eigenvalue weighted by Crippen LogP contribution is -2.42. The fourth-order valence-electron chi connectivity index (χ4n) is 1.98. The Kier molecular flexibility index (Phi) is 4.66. The Bertz CT molecular complexity index is 641. The number of carboxylic acids is 1. The number of hydrogen-bond donors (Lipinski definition) is 2. The van der Waals surface area contributed by atoms with Gasteiger partial charge in [-0.25, -0.2) is 4.79 Å². The lowest BCUT2D eigenvalue weighted by molar-refractivity contribution is -0.139. The van der Waals surface area contributed by atoms with Crippen LogP contribution in [0.25, 0.3) is 0 Å². The molecule has 2 N–H and O–H groups in total. The zero-order valence-corrected chi connectivity index (χ0v) is 11.6. The smallest absolute Gasteiger partial charge is 0.326 e. The number of benzene rings is 1. The molecular weight excluding hydrogens is 268 g/mol. The minimum atomic E-state index is -1.06. The maximum Gasteiger partial charge on any atom is 0.326 e. The van der Waals surface area contributed by atoms with Gasteiger partial charge in [-0.05, 0) is 24.6 Å². The highest BCUT2D eigenvalue weighted by molar-refractivity contribution is 5.96. The van der Waals surface area contributed by atoms with Crippen molar-refractivity contribution in [3.05, 3.63) is 65.5 Å². The number of rotatable bonds is 5. The maximum atomic E-state index is 12.1. The van der Waals surface area contributed by atoms with E-state index in [0.29, 0.717) is 11.3 Å². The second kappa shape index (κ2) is 6.65. The van der Waals surface area contributed by atoms with E-state index in [2.05, 4.69) is 10.3 Å². The van der Waals surface area contributed by atoms with Crippen molar-refractivity contribution in [1.29, 1.82) is 0 Å². The van der Waals surface area contributed by atoms with Gasteiger partial charge in [-0.1, -0.05) is 30.3 Å². The molecule has 108 valence electrons. The highest BCUT2D eigenvalue weighted by Gasteiger charge is 2.21. The molecule has 2 aromatic rings. The summed E-state index contributed by atoms with van der Waals surface area (Å²) in [6.45, 7) is 1.77. The summed E-state index contributed by atoms with van der Waals surface area (Å²) < 4.78 is 0. The Labute approximate surface area is 122 Å². The summed E-state index contributed by atoms with van der Waals surface area (Å²) >= 11 is 0. The molecule has 0 spiro atoms. The largest absolute Gasteiger partial charge is 0.480 e. The number of aromatic nitrogens is 1. The number of nitrogens with zero attached hydrogens (tertiary/aromatic N) is 1. The second-order valence-corrected chi connectivity index (χ2v) is 4.74. The normalized spacial score (nSPS) is 11.7. The van der Waals surface area contributed by atoms with E-state index in [4.69, 9.17) is 0 Å². The monoisotopic (exact) mass is 284 g/mol. The third-order valence-corrected chi connectivity index (χ3v) is 3.04. The molecule has 1 aromatic carbocycles. The summed E-state index contributed by atoms with van der Waals surface area (Å²) in [4.78, 5) is 27.4. The van der Waals surface area contributed by atoms with Gasteiger partial charge in [0.1, 0.15) is 6.04 Å². The Morgan fingerprint density at radius 2 is 1.95 bits per heavy atom. The molecular formula is C16H16N2O3. The van der Waals surface area contributed by atoms with Crippen LogP contribution in [0.3, 0.4) is 0 Å². The first-order valence-corrected chi connectivity index (χ1v) is 6.56. The summed E-state index contributed by atoms with van der Waals surface area (Å²) in [5.41, 5.74) is 1.97. The first kappa shape index (κ1) is 14.7. The summed E-state index contributed by atoms with van der Waals surface area (Å²) in [5, 5.41) is 11.8. The van der Waals surface area contributed by atoms with Crippen molar-refractivity contribution < 1.29 is 14.7 Å². The Morgan fingerprint density at radius 3 is 2.57 bits per heavy atom. The highest BCUT2D eigenvalue weighted by atomic mass is 16.4. The SMILES string of the molecule is Cc1cc(C(=O)NC(Cc2ccccc2)C(=O)O)ccn1. The van der Waals surface area contributed by atoms with Crippen LogP contribution in [0.5, 0.6) is 0 Å². The number of pyridine rings is 1. The van der Waals surface area contributed by atoms with Crippen molar-refractivity contribution in [2.75, 3.05) is 0 Å². The van der Waals surface area contributed by atoms with Gasteiger partial charge >= 0.3 is 5.97 Å². The molecule has 1 unspecified atom stereocenters. The molecule has 0 aliphatic heterocycles. The van der Waals surface area contributed by atoms with Crippen molar-refractivity contribution in [1.82, 2.24) is 10.3 Å². The molecule has 0 fully saturated rings. The van der Waals surface area contributed by atoms with E-state index >= 15 is 0 Å². The zero-order chi connectivity index (χ0) is 15.2. The molecule has 0 saturated heterocycles. The van der Waals surface area contributed by atoms with Gasteiger partial charge in [-0.2, -0.15) is 0 Å². The number of nitrogens with one attached hydrogen (secondary N) is 1. The molecule has 21 heavy (non-hydrogen) atoms. The predicted molar refractivity (Wildman–Crippen MR) is 78.0 cm³/mol. The molecule has 5 nitrogen and oxygen atoms in total. The molecule has 0 aliphatic rings. The summed E-state index contributed by atoms with van der Waals surface area (Å²) in [7, 11) is 0. The van der Waals surface area contributed by atoms with Crippen LogP contribution in [0.4, 0.5) is 0 Å². The van der Waals surface area contributed by atoms with E-state index in [0.717, 1.165) is 5.56 Å². The van der Waals surface area contributed by atoms with Gasteiger partial charge in [-0.15, -0.1) is 0 Å². The number of aliphatic carboxylic acids is 1. The second-order valence-electron chi connectivity index (χ2n) is 4.74. The number of carboxylic acid groups (broad SMARTS) is 1. The lowest BCUT2D eigenvalue weighted by atomic mass is 10.1. The van der Waals surface area contributed by atoms with Gasteiger partial charge in [0.05, 0.1) is 0 Å². The van der Waals surface area contributed by atoms with Crippen molar-refractivity contribution in [3.63, 3.8) is 0 Å². The lowest BCUT2D eigenvalue weighted by Gasteiger charge is -2.14. The van der Waals surface area contributed by atoms with E-state index in [1.807, 2.05) is 30.3 Å². The van der Waals surface area contributed by atoms with E-state index in [9.17, 15) is 14.7 Å². The zero-order valence-electron chi connectivity index (χ0n) is 11.6. The third-order valence-electron chi connectivity index (χ3n) is 3.04. The van der Waals surface area contributed by atoms with Crippen LogP contribution in [0.2, 0.25) is 0 Å². The van der Waals surface area contributed by atoms with Crippen molar-refractivity contribution in [2.24, 2.45) is 0 Å². The molecule has 0 aliphatic carbocycles. The quantitative estimate of drug-likeness (QED) is 0.877. The van der Waals surface area contributed by atoms with Gasteiger partial charge in [0.15, 0.2) is 0 Å². The number of carbonyl (C=O) groups excluding carboxylic acids is 1. The number of amides is 1. The van der Waals surface area contributed by atoms with Crippen LogP contribution >= 0.6 is 0 Å². The van der Waals surface area contributed by atoms with Gasteiger partial charge in [0, 0.05) is 23.9 Å². The average Bonchev–Trinajstić information content (AvgIpc) is 2.47. The average molecular weight is 284 g/mol. The van der Waals surface area contributed by atoms with E-state index in [-0.39, 0.29) is 6.42 Å². The number of carbonyl (C=O) groups is 2. The molecule has 1 atom stereocenters. The number of aryl methyl sites for hydroxylation is 1. The van der Waals surface area contributed by atoms with Gasteiger partial charge in [-0.3, -0.25) is 9.78 Å². The summed E-state index contributed by atoms with van der Waals surface area (Å²) in [5.74, 6) is -1.47.